The van der Waals surface area contributed by atoms with Crippen LogP contribution in [0.5, 0.6) is 5.75 Å². The SMILES string of the molecule is CC1=C(C)C(C)=C(c2ccc(C(C)C)c(O)c2C(C)C)C1. The summed E-state index contributed by atoms with van der Waals surface area (Å²) in [6.07, 6.45) is 1.01. The van der Waals surface area contributed by atoms with E-state index in [-0.39, 0.29) is 0 Å². The zero-order valence-electron chi connectivity index (χ0n) is 14.5. The Morgan fingerprint density at radius 3 is 1.95 bits per heavy atom. The molecule has 1 aromatic carbocycles. The zero-order valence-corrected chi connectivity index (χ0v) is 14.5. The first-order valence-corrected chi connectivity index (χ1v) is 7.98. The van der Waals surface area contributed by atoms with Crippen LogP contribution in [0.15, 0.2) is 28.9 Å². The van der Waals surface area contributed by atoms with E-state index in [1.54, 1.807) is 0 Å². The highest BCUT2D eigenvalue weighted by molar-refractivity contribution is 5.81. The molecule has 1 aliphatic carbocycles. The molecule has 0 radical (unpaired) electrons. The van der Waals surface area contributed by atoms with Crippen molar-refractivity contribution >= 4 is 5.57 Å². The van der Waals surface area contributed by atoms with Crippen LogP contribution in [-0.4, -0.2) is 5.11 Å². The van der Waals surface area contributed by atoms with Crippen molar-refractivity contribution in [2.75, 3.05) is 0 Å². The van der Waals surface area contributed by atoms with Crippen molar-refractivity contribution in [3.63, 3.8) is 0 Å². The largest absolute Gasteiger partial charge is 0.507 e. The number of phenolic OH excluding ortho intramolecular Hbond substituents is 1. The average molecular weight is 284 g/mol. The topological polar surface area (TPSA) is 20.2 Å². The minimum Gasteiger partial charge on any atom is -0.507 e. The van der Waals surface area contributed by atoms with E-state index in [0.717, 1.165) is 17.5 Å². The van der Waals surface area contributed by atoms with Crippen molar-refractivity contribution in [3.8, 4) is 5.75 Å². The number of benzene rings is 1. The van der Waals surface area contributed by atoms with Crippen LogP contribution in [0.3, 0.4) is 0 Å². The summed E-state index contributed by atoms with van der Waals surface area (Å²) in [4.78, 5) is 0. The summed E-state index contributed by atoms with van der Waals surface area (Å²) in [5, 5.41) is 10.8. The fourth-order valence-corrected chi connectivity index (χ4v) is 3.31. The van der Waals surface area contributed by atoms with Gasteiger partial charge in [-0.1, -0.05) is 45.4 Å². The molecule has 1 aromatic rings. The van der Waals surface area contributed by atoms with Crippen LogP contribution < -0.4 is 0 Å². The maximum atomic E-state index is 10.8. The molecule has 1 N–H and O–H groups in total. The minimum atomic E-state index is 0.320. The van der Waals surface area contributed by atoms with Crippen LogP contribution in [-0.2, 0) is 0 Å². The maximum Gasteiger partial charge on any atom is 0.123 e. The van der Waals surface area contributed by atoms with Crippen molar-refractivity contribution in [2.45, 2.75) is 66.7 Å². The monoisotopic (exact) mass is 284 g/mol. The molecule has 114 valence electrons. The van der Waals surface area contributed by atoms with E-state index in [0.29, 0.717) is 17.6 Å². The standard InChI is InChI=1S/C20H28O/c1-11(2)16-8-9-17(19(12(3)4)20(16)21)18-10-13(5)14(6)15(18)7/h8-9,11-12,21H,10H2,1-7H3. The highest BCUT2D eigenvalue weighted by atomic mass is 16.3. The van der Waals surface area contributed by atoms with Gasteiger partial charge in [-0.2, -0.15) is 0 Å². The van der Waals surface area contributed by atoms with Crippen LogP contribution in [0.4, 0.5) is 0 Å². The van der Waals surface area contributed by atoms with Gasteiger partial charge in [0.2, 0.25) is 0 Å². The quantitative estimate of drug-likeness (QED) is 0.705. The first-order chi connectivity index (χ1) is 9.75. The molecular weight excluding hydrogens is 256 g/mol. The van der Waals surface area contributed by atoms with E-state index in [9.17, 15) is 5.11 Å². The Kier molecular flexibility index (Phi) is 4.32. The fourth-order valence-electron chi connectivity index (χ4n) is 3.31. The Morgan fingerprint density at radius 1 is 0.905 bits per heavy atom. The van der Waals surface area contributed by atoms with Crippen molar-refractivity contribution in [2.24, 2.45) is 0 Å². The minimum absolute atomic E-state index is 0.320. The van der Waals surface area contributed by atoms with Gasteiger partial charge in [0, 0.05) is 5.56 Å². The van der Waals surface area contributed by atoms with Crippen LogP contribution in [0, 0.1) is 0 Å². The molecule has 0 aromatic heterocycles. The number of hydrogen-bond acceptors (Lipinski definition) is 1. The summed E-state index contributed by atoms with van der Waals surface area (Å²) in [6.45, 7) is 15.2. The van der Waals surface area contributed by atoms with Crippen LogP contribution in [0.25, 0.3) is 5.57 Å². The molecule has 1 aliphatic rings. The zero-order chi connectivity index (χ0) is 15.9. The van der Waals surface area contributed by atoms with Gasteiger partial charge in [-0.15, -0.1) is 0 Å². The molecule has 21 heavy (non-hydrogen) atoms. The molecule has 0 spiro atoms. The van der Waals surface area contributed by atoms with Gasteiger partial charge in [0.1, 0.15) is 5.75 Å². The third kappa shape index (κ3) is 2.66. The van der Waals surface area contributed by atoms with Gasteiger partial charge in [0.05, 0.1) is 0 Å². The lowest BCUT2D eigenvalue weighted by Gasteiger charge is -2.21. The first kappa shape index (κ1) is 15.9. The lowest BCUT2D eigenvalue weighted by molar-refractivity contribution is 0.454. The van der Waals surface area contributed by atoms with Gasteiger partial charge in [-0.25, -0.2) is 0 Å². The predicted octanol–water partition coefficient (Wildman–Crippen LogP) is 6.15. The molecule has 1 nitrogen and oxygen atoms in total. The van der Waals surface area contributed by atoms with E-state index in [1.807, 2.05) is 0 Å². The van der Waals surface area contributed by atoms with Gasteiger partial charge in [0.15, 0.2) is 0 Å². The molecule has 0 saturated carbocycles. The van der Waals surface area contributed by atoms with E-state index < -0.39 is 0 Å². The predicted molar refractivity (Wildman–Crippen MR) is 91.9 cm³/mol. The molecule has 0 bridgehead atoms. The highest BCUT2D eigenvalue weighted by Crippen LogP contribution is 2.44. The molecule has 2 rings (SSSR count). The smallest absolute Gasteiger partial charge is 0.123 e. The van der Waals surface area contributed by atoms with Gasteiger partial charge in [-0.3, -0.25) is 0 Å². The van der Waals surface area contributed by atoms with E-state index in [1.165, 1.54) is 27.9 Å². The molecule has 0 saturated heterocycles. The second-order valence-electron chi connectivity index (χ2n) is 6.96. The third-order valence-electron chi connectivity index (χ3n) is 4.87. The van der Waals surface area contributed by atoms with Gasteiger partial charge >= 0.3 is 0 Å². The molecule has 1 heteroatoms. The molecule has 0 amide bonds. The van der Waals surface area contributed by atoms with Crippen molar-refractivity contribution in [3.05, 3.63) is 45.5 Å². The number of rotatable bonds is 3. The summed E-state index contributed by atoms with van der Waals surface area (Å²) in [6, 6.07) is 4.32. The molecule has 0 fully saturated rings. The number of hydrogen-bond donors (Lipinski definition) is 1. The van der Waals surface area contributed by atoms with Crippen LogP contribution >= 0.6 is 0 Å². The summed E-state index contributed by atoms with van der Waals surface area (Å²) in [7, 11) is 0. The molecule has 0 heterocycles. The van der Waals surface area contributed by atoms with Crippen LogP contribution in [0.1, 0.15) is 83.4 Å². The lowest BCUT2D eigenvalue weighted by atomic mass is 9.85. The number of aromatic hydroxyl groups is 1. The molecule has 0 aliphatic heterocycles. The van der Waals surface area contributed by atoms with E-state index in [4.69, 9.17) is 0 Å². The number of allylic oxidation sites excluding steroid dienone is 4. The summed E-state index contributed by atoms with van der Waals surface area (Å²) in [5.74, 6) is 1.16. The first-order valence-electron chi connectivity index (χ1n) is 7.98. The van der Waals surface area contributed by atoms with Gasteiger partial charge in [0.25, 0.3) is 0 Å². The average Bonchev–Trinajstić information content (AvgIpc) is 2.65. The maximum absolute atomic E-state index is 10.8. The Bertz CT molecular complexity index is 627. The summed E-state index contributed by atoms with van der Waals surface area (Å²) >= 11 is 0. The lowest BCUT2D eigenvalue weighted by Crippen LogP contribution is -2.01. The number of phenols is 1. The van der Waals surface area contributed by atoms with E-state index in [2.05, 4.69) is 60.6 Å². The molecule has 0 unspecified atom stereocenters. The Labute approximate surface area is 129 Å². The second kappa shape index (κ2) is 5.71. The Balaban J connectivity index is 2.65. The summed E-state index contributed by atoms with van der Waals surface area (Å²) in [5.41, 5.74) is 9.03. The van der Waals surface area contributed by atoms with Gasteiger partial charge < -0.3 is 5.11 Å². The third-order valence-corrected chi connectivity index (χ3v) is 4.87. The second-order valence-corrected chi connectivity index (χ2v) is 6.96. The Morgan fingerprint density at radius 2 is 1.52 bits per heavy atom. The molecular formula is C20H28O. The Hall–Kier alpha value is -1.50. The fraction of sp³-hybridized carbons (Fsp3) is 0.500. The van der Waals surface area contributed by atoms with Crippen molar-refractivity contribution in [1.29, 1.82) is 0 Å². The van der Waals surface area contributed by atoms with Crippen molar-refractivity contribution < 1.29 is 5.11 Å². The van der Waals surface area contributed by atoms with Gasteiger partial charge in [-0.05, 0) is 66.9 Å². The highest BCUT2D eigenvalue weighted by Gasteiger charge is 2.23. The van der Waals surface area contributed by atoms with Crippen molar-refractivity contribution in [1.82, 2.24) is 0 Å². The summed E-state index contributed by atoms with van der Waals surface area (Å²) < 4.78 is 0. The normalized spacial score (nSPS) is 15.9. The molecule has 0 atom stereocenters. The van der Waals surface area contributed by atoms with Crippen LogP contribution in [0.2, 0.25) is 0 Å². The van der Waals surface area contributed by atoms with E-state index >= 15 is 0 Å².